The Kier molecular flexibility index (Phi) is 4.01. The molecule has 0 aliphatic heterocycles. The van der Waals surface area contributed by atoms with Crippen LogP contribution >= 0.6 is 0 Å². The number of hydrogen-bond acceptors (Lipinski definition) is 2. The summed E-state index contributed by atoms with van der Waals surface area (Å²) in [5, 5.41) is 0. The monoisotopic (exact) mass is 170 g/mol. The van der Waals surface area contributed by atoms with Crippen molar-refractivity contribution < 1.29 is 9.53 Å². The topological polar surface area (TPSA) is 26.3 Å². The van der Waals surface area contributed by atoms with Gasteiger partial charge in [0.1, 0.15) is 5.60 Å². The molecule has 0 aromatic rings. The van der Waals surface area contributed by atoms with Crippen LogP contribution in [0.5, 0.6) is 0 Å². The summed E-state index contributed by atoms with van der Waals surface area (Å²) in [5.41, 5.74) is -0.389. The van der Waals surface area contributed by atoms with E-state index in [1.807, 2.05) is 13.8 Å². The van der Waals surface area contributed by atoms with Crippen LogP contribution in [-0.4, -0.2) is 11.6 Å². The molecule has 0 saturated carbocycles. The normalized spacial score (nSPS) is 13.7. The zero-order chi connectivity index (χ0) is 9.78. The van der Waals surface area contributed by atoms with Gasteiger partial charge in [-0.2, -0.15) is 0 Å². The Morgan fingerprint density at radius 2 is 2.17 bits per heavy atom. The van der Waals surface area contributed by atoms with Gasteiger partial charge in [0.2, 0.25) is 0 Å². The summed E-state index contributed by atoms with van der Waals surface area (Å²) in [5.74, 6) is 0.0155. The van der Waals surface area contributed by atoms with Gasteiger partial charge in [0.15, 0.2) is 0 Å². The van der Waals surface area contributed by atoms with Gasteiger partial charge >= 0.3 is 5.97 Å². The van der Waals surface area contributed by atoms with Crippen LogP contribution in [0.1, 0.15) is 34.1 Å². The van der Waals surface area contributed by atoms with Crippen molar-refractivity contribution in [2.75, 3.05) is 0 Å². The van der Waals surface area contributed by atoms with Gasteiger partial charge in [-0.15, -0.1) is 0 Å². The highest BCUT2D eigenvalue weighted by atomic mass is 16.6. The van der Waals surface area contributed by atoms with Gasteiger partial charge in [-0.1, -0.05) is 20.4 Å². The third-order valence-corrected chi connectivity index (χ3v) is 2.33. The van der Waals surface area contributed by atoms with Crippen molar-refractivity contribution in [2.24, 2.45) is 5.92 Å². The molecule has 0 bridgehead atoms. The van der Waals surface area contributed by atoms with E-state index in [0.717, 1.165) is 6.42 Å². The van der Waals surface area contributed by atoms with Gasteiger partial charge in [0.05, 0.1) is 0 Å². The Balaban J connectivity index is 4.20. The zero-order valence-corrected chi connectivity index (χ0v) is 8.39. The van der Waals surface area contributed by atoms with Gasteiger partial charge in [0.25, 0.3) is 0 Å². The Morgan fingerprint density at radius 1 is 1.67 bits per heavy atom. The van der Waals surface area contributed by atoms with E-state index in [9.17, 15) is 4.79 Å². The second kappa shape index (κ2) is 4.29. The van der Waals surface area contributed by atoms with Gasteiger partial charge in [-0.25, -0.2) is 4.79 Å². The first-order valence-corrected chi connectivity index (χ1v) is 4.29. The van der Waals surface area contributed by atoms with Crippen LogP contribution in [0.4, 0.5) is 0 Å². The van der Waals surface area contributed by atoms with Crippen LogP contribution in [-0.2, 0) is 9.53 Å². The van der Waals surface area contributed by atoms with Crippen molar-refractivity contribution in [1.82, 2.24) is 0 Å². The van der Waals surface area contributed by atoms with Crippen LogP contribution < -0.4 is 0 Å². The second-order valence-electron chi connectivity index (χ2n) is 3.54. The van der Waals surface area contributed by atoms with E-state index in [4.69, 9.17) is 4.74 Å². The average molecular weight is 170 g/mol. The molecule has 0 aliphatic carbocycles. The Labute approximate surface area is 74.6 Å². The second-order valence-corrected chi connectivity index (χ2v) is 3.54. The lowest BCUT2D eigenvalue weighted by molar-refractivity contribution is -0.154. The minimum atomic E-state index is -0.389. The van der Waals surface area contributed by atoms with E-state index in [2.05, 4.69) is 20.4 Å². The fourth-order valence-corrected chi connectivity index (χ4v) is 0.893. The molecule has 0 fully saturated rings. The van der Waals surface area contributed by atoms with Crippen molar-refractivity contribution in [3.8, 4) is 0 Å². The Hall–Kier alpha value is -0.790. The SMILES string of the molecule is C=CC(=O)OC(C)(C)C(C)CC. The van der Waals surface area contributed by atoms with Crippen LogP contribution in [0.25, 0.3) is 0 Å². The molecule has 12 heavy (non-hydrogen) atoms. The summed E-state index contributed by atoms with van der Waals surface area (Å²) >= 11 is 0. The van der Waals surface area contributed by atoms with E-state index in [1.54, 1.807) is 0 Å². The lowest BCUT2D eigenvalue weighted by atomic mass is 9.90. The molecule has 2 heteroatoms. The highest BCUT2D eigenvalue weighted by Crippen LogP contribution is 2.23. The summed E-state index contributed by atoms with van der Waals surface area (Å²) in [7, 11) is 0. The quantitative estimate of drug-likeness (QED) is 0.478. The van der Waals surface area contributed by atoms with E-state index in [1.165, 1.54) is 6.08 Å². The smallest absolute Gasteiger partial charge is 0.330 e. The molecular formula is C10H18O2. The highest BCUT2D eigenvalue weighted by molar-refractivity contribution is 5.81. The maximum atomic E-state index is 10.9. The molecule has 1 unspecified atom stereocenters. The molecule has 0 aromatic carbocycles. The molecule has 1 atom stereocenters. The van der Waals surface area contributed by atoms with Crippen molar-refractivity contribution in [3.63, 3.8) is 0 Å². The third kappa shape index (κ3) is 3.07. The highest BCUT2D eigenvalue weighted by Gasteiger charge is 2.27. The number of hydrogen-bond donors (Lipinski definition) is 0. The van der Waals surface area contributed by atoms with Crippen molar-refractivity contribution >= 4 is 5.97 Å². The number of carbonyl (C=O) groups is 1. The van der Waals surface area contributed by atoms with Crippen molar-refractivity contribution in [3.05, 3.63) is 12.7 Å². The molecule has 0 rings (SSSR count). The Morgan fingerprint density at radius 3 is 2.50 bits per heavy atom. The molecule has 0 aliphatic rings. The molecular weight excluding hydrogens is 152 g/mol. The molecule has 2 nitrogen and oxygen atoms in total. The largest absolute Gasteiger partial charge is 0.456 e. The first kappa shape index (κ1) is 11.2. The standard InChI is InChI=1S/C10H18O2/c1-6-8(3)10(4,5)12-9(11)7-2/h7-8H,2,6H2,1,3-5H3. The number of carbonyl (C=O) groups excluding carboxylic acids is 1. The molecule has 0 heterocycles. The fourth-order valence-electron chi connectivity index (χ4n) is 0.893. The maximum absolute atomic E-state index is 10.9. The average Bonchev–Trinajstić information content (AvgIpc) is 2.02. The number of ether oxygens (including phenoxy) is 1. The molecule has 70 valence electrons. The number of rotatable bonds is 4. The lowest BCUT2D eigenvalue weighted by Gasteiger charge is -2.30. The lowest BCUT2D eigenvalue weighted by Crippen LogP contribution is -2.34. The Bertz CT molecular complexity index is 171. The first-order valence-electron chi connectivity index (χ1n) is 4.29. The van der Waals surface area contributed by atoms with Crippen LogP contribution in [0, 0.1) is 5.92 Å². The van der Waals surface area contributed by atoms with Gasteiger partial charge in [-0.05, 0) is 26.2 Å². The summed E-state index contributed by atoms with van der Waals surface area (Å²) in [6.45, 7) is 11.3. The molecule has 0 amide bonds. The summed E-state index contributed by atoms with van der Waals surface area (Å²) in [6, 6.07) is 0. The van der Waals surface area contributed by atoms with Gasteiger partial charge in [0, 0.05) is 6.08 Å². The predicted molar refractivity (Wildman–Crippen MR) is 49.8 cm³/mol. The number of esters is 1. The summed E-state index contributed by atoms with van der Waals surface area (Å²) < 4.78 is 5.18. The zero-order valence-electron chi connectivity index (χ0n) is 8.39. The first-order chi connectivity index (χ1) is 5.44. The van der Waals surface area contributed by atoms with Crippen molar-refractivity contribution in [2.45, 2.75) is 39.7 Å². The maximum Gasteiger partial charge on any atom is 0.330 e. The third-order valence-electron chi connectivity index (χ3n) is 2.33. The van der Waals surface area contributed by atoms with Gasteiger partial charge in [-0.3, -0.25) is 0 Å². The van der Waals surface area contributed by atoms with Crippen LogP contribution in [0.15, 0.2) is 12.7 Å². The van der Waals surface area contributed by atoms with E-state index >= 15 is 0 Å². The van der Waals surface area contributed by atoms with E-state index in [-0.39, 0.29) is 11.6 Å². The molecule has 0 radical (unpaired) electrons. The molecule has 0 aromatic heterocycles. The van der Waals surface area contributed by atoms with Crippen LogP contribution in [0.3, 0.4) is 0 Å². The van der Waals surface area contributed by atoms with Gasteiger partial charge < -0.3 is 4.74 Å². The minimum Gasteiger partial charge on any atom is -0.456 e. The predicted octanol–water partition coefficient (Wildman–Crippen LogP) is 2.54. The summed E-state index contributed by atoms with van der Waals surface area (Å²) in [4.78, 5) is 10.9. The van der Waals surface area contributed by atoms with Crippen molar-refractivity contribution in [1.29, 1.82) is 0 Å². The minimum absolute atomic E-state index is 0.347. The van der Waals surface area contributed by atoms with Crippen LogP contribution in [0.2, 0.25) is 0 Å². The molecule has 0 saturated heterocycles. The molecule has 0 spiro atoms. The summed E-state index contributed by atoms with van der Waals surface area (Å²) in [6.07, 6.45) is 2.20. The van der Waals surface area contributed by atoms with E-state index in [0.29, 0.717) is 5.92 Å². The van der Waals surface area contributed by atoms with E-state index < -0.39 is 0 Å². The fraction of sp³-hybridized carbons (Fsp3) is 0.700. The molecule has 0 N–H and O–H groups in total.